The first kappa shape index (κ1) is 18.3. The molecule has 0 amide bonds. The Kier molecular flexibility index (Phi) is 5.46. The minimum atomic E-state index is 0.256. The molecule has 0 saturated carbocycles. The predicted octanol–water partition coefficient (Wildman–Crippen LogP) is 2.42. The van der Waals surface area contributed by atoms with Gasteiger partial charge in [0.25, 0.3) is 0 Å². The van der Waals surface area contributed by atoms with Crippen molar-refractivity contribution >= 4 is 11.8 Å². The number of nitrogen functional groups attached to an aromatic ring is 1. The van der Waals surface area contributed by atoms with E-state index in [0.717, 1.165) is 48.0 Å². The average Bonchev–Trinajstić information content (AvgIpc) is 2.59. The van der Waals surface area contributed by atoms with Gasteiger partial charge in [0.05, 0.1) is 19.4 Å². The number of hydrogen-bond acceptors (Lipinski definition) is 7. The summed E-state index contributed by atoms with van der Waals surface area (Å²) in [5.74, 6) is 2.98. The summed E-state index contributed by atoms with van der Waals surface area (Å²) >= 11 is 0. The van der Waals surface area contributed by atoms with E-state index < -0.39 is 0 Å². The summed E-state index contributed by atoms with van der Waals surface area (Å²) in [6, 6.07) is 5.88. The molecule has 1 fully saturated rings. The smallest absolute Gasteiger partial charge is 0.222 e. The topological polar surface area (TPSA) is 85.5 Å². The van der Waals surface area contributed by atoms with Crippen LogP contribution in [0.4, 0.5) is 11.8 Å². The quantitative estimate of drug-likeness (QED) is 0.787. The zero-order chi connectivity index (χ0) is 18.7. The van der Waals surface area contributed by atoms with Gasteiger partial charge in [0.1, 0.15) is 5.82 Å². The van der Waals surface area contributed by atoms with Crippen molar-refractivity contribution in [1.82, 2.24) is 14.9 Å². The number of nitrogens with two attached hydrogens (primary N) is 1. The summed E-state index contributed by atoms with van der Waals surface area (Å²) in [6.07, 6.45) is 0. The van der Waals surface area contributed by atoms with Crippen LogP contribution in [0.1, 0.15) is 12.6 Å². The number of nitrogens with zero attached hydrogens (tertiary/aromatic N) is 3. The summed E-state index contributed by atoms with van der Waals surface area (Å²) in [4.78, 5) is 11.0. The summed E-state index contributed by atoms with van der Waals surface area (Å²) in [7, 11) is 3.47. The highest BCUT2D eigenvalue weighted by Gasteiger charge is 2.26. The molecule has 7 nitrogen and oxygen atoms in total. The van der Waals surface area contributed by atoms with Crippen molar-refractivity contribution in [2.24, 2.45) is 5.92 Å². The number of ether oxygens (including phenoxy) is 2. The second kappa shape index (κ2) is 7.78. The molecule has 140 valence electrons. The number of methoxy groups -OCH3 is 1. The number of hydrogen-bond donors (Lipinski definition) is 2. The molecule has 3 N–H and O–H groups in total. The first-order chi connectivity index (χ1) is 12.5. The van der Waals surface area contributed by atoms with E-state index in [-0.39, 0.29) is 5.95 Å². The molecule has 0 unspecified atom stereocenters. The van der Waals surface area contributed by atoms with Crippen molar-refractivity contribution < 1.29 is 9.47 Å². The van der Waals surface area contributed by atoms with Crippen LogP contribution < -0.4 is 20.5 Å². The van der Waals surface area contributed by atoms with Gasteiger partial charge in [-0.15, -0.1) is 0 Å². The number of rotatable bonds is 7. The molecule has 0 radical (unpaired) electrons. The van der Waals surface area contributed by atoms with Gasteiger partial charge in [0.2, 0.25) is 5.95 Å². The van der Waals surface area contributed by atoms with E-state index in [1.54, 1.807) is 7.11 Å². The summed E-state index contributed by atoms with van der Waals surface area (Å²) in [5.41, 5.74) is 8.46. The third-order valence-corrected chi connectivity index (χ3v) is 4.75. The second-order valence-corrected chi connectivity index (χ2v) is 6.54. The van der Waals surface area contributed by atoms with Crippen LogP contribution >= 0.6 is 0 Å². The Balaban J connectivity index is 1.86. The SMILES string of the molecule is CCN1CC(COc2cc(-c3c(C)nc(N)nc3NC)ccc2OC)C1. The van der Waals surface area contributed by atoms with Crippen molar-refractivity contribution in [3.05, 3.63) is 23.9 Å². The number of anilines is 2. The second-order valence-electron chi connectivity index (χ2n) is 6.54. The van der Waals surface area contributed by atoms with Crippen LogP contribution in [-0.2, 0) is 0 Å². The first-order valence-corrected chi connectivity index (χ1v) is 8.91. The fourth-order valence-electron chi connectivity index (χ4n) is 3.31. The Bertz CT molecular complexity index is 775. The molecule has 0 bridgehead atoms. The molecule has 26 heavy (non-hydrogen) atoms. The lowest BCUT2D eigenvalue weighted by molar-refractivity contribution is 0.0662. The lowest BCUT2D eigenvalue weighted by Crippen LogP contribution is -2.48. The van der Waals surface area contributed by atoms with Gasteiger partial charge in [-0.3, -0.25) is 0 Å². The monoisotopic (exact) mass is 357 g/mol. The van der Waals surface area contributed by atoms with Gasteiger partial charge in [-0.2, -0.15) is 4.98 Å². The molecule has 1 aromatic heterocycles. The van der Waals surface area contributed by atoms with Crippen LogP contribution in [0.5, 0.6) is 11.5 Å². The molecular weight excluding hydrogens is 330 g/mol. The zero-order valence-electron chi connectivity index (χ0n) is 15.9. The van der Waals surface area contributed by atoms with E-state index in [1.165, 1.54) is 0 Å². The normalized spacial score (nSPS) is 14.8. The maximum atomic E-state index is 6.09. The van der Waals surface area contributed by atoms with Gasteiger partial charge < -0.3 is 25.4 Å². The molecule has 1 aliphatic heterocycles. The fourth-order valence-corrected chi connectivity index (χ4v) is 3.31. The lowest BCUT2D eigenvalue weighted by Gasteiger charge is -2.38. The van der Waals surface area contributed by atoms with Crippen LogP contribution in [0.2, 0.25) is 0 Å². The summed E-state index contributed by atoms with van der Waals surface area (Å²) in [5, 5.41) is 3.09. The maximum absolute atomic E-state index is 6.09. The van der Waals surface area contributed by atoms with Gasteiger partial charge in [0.15, 0.2) is 11.5 Å². The molecule has 1 aromatic carbocycles. The van der Waals surface area contributed by atoms with Crippen molar-refractivity contribution in [2.75, 3.05) is 51.4 Å². The Morgan fingerprint density at radius 2 is 2.04 bits per heavy atom. The van der Waals surface area contributed by atoms with Crippen LogP contribution in [-0.4, -0.2) is 55.3 Å². The molecule has 2 aromatic rings. The van der Waals surface area contributed by atoms with E-state index in [2.05, 4.69) is 27.1 Å². The van der Waals surface area contributed by atoms with Gasteiger partial charge in [-0.25, -0.2) is 4.98 Å². The predicted molar refractivity (Wildman–Crippen MR) is 104 cm³/mol. The Morgan fingerprint density at radius 3 is 2.69 bits per heavy atom. The number of nitrogens with one attached hydrogen (secondary N) is 1. The van der Waals surface area contributed by atoms with Gasteiger partial charge >= 0.3 is 0 Å². The van der Waals surface area contributed by atoms with Crippen molar-refractivity contribution in [1.29, 1.82) is 0 Å². The molecule has 2 heterocycles. The Morgan fingerprint density at radius 1 is 1.27 bits per heavy atom. The largest absolute Gasteiger partial charge is 0.493 e. The van der Waals surface area contributed by atoms with Gasteiger partial charge in [-0.1, -0.05) is 13.0 Å². The molecule has 0 spiro atoms. The third-order valence-electron chi connectivity index (χ3n) is 4.75. The number of aryl methyl sites for hydroxylation is 1. The van der Waals surface area contributed by atoms with Gasteiger partial charge in [-0.05, 0) is 31.2 Å². The number of likely N-dealkylation sites (tertiary alicyclic amines) is 1. The van der Waals surface area contributed by atoms with Crippen molar-refractivity contribution in [2.45, 2.75) is 13.8 Å². The molecule has 0 atom stereocenters. The van der Waals surface area contributed by atoms with Gasteiger partial charge in [0, 0.05) is 31.6 Å². The molecule has 1 saturated heterocycles. The van der Waals surface area contributed by atoms with Crippen LogP contribution in [0.15, 0.2) is 18.2 Å². The minimum Gasteiger partial charge on any atom is -0.493 e. The summed E-state index contributed by atoms with van der Waals surface area (Å²) in [6.45, 7) is 8.07. The summed E-state index contributed by atoms with van der Waals surface area (Å²) < 4.78 is 11.6. The van der Waals surface area contributed by atoms with E-state index in [1.807, 2.05) is 32.2 Å². The zero-order valence-corrected chi connectivity index (χ0v) is 15.9. The lowest BCUT2D eigenvalue weighted by atomic mass is 10.0. The first-order valence-electron chi connectivity index (χ1n) is 8.91. The van der Waals surface area contributed by atoms with E-state index in [9.17, 15) is 0 Å². The molecule has 1 aliphatic rings. The molecular formula is C19H27N5O2. The highest BCUT2D eigenvalue weighted by atomic mass is 16.5. The fraction of sp³-hybridized carbons (Fsp3) is 0.474. The van der Waals surface area contributed by atoms with Crippen LogP contribution in [0.25, 0.3) is 11.1 Å². The molecule has 3 rings (SSSR count). The van der Waals surface area contributed by atoms with Crippen LogP contribution in [0.3, 0.4) is 0 Å². The average molecular weight is 357 g/mol. The van der Waals surface area contributed by atoms with Crippen LogP contribution in [0, 0.1) is 12.8 Å². The Hall–Kier alpha value is -2.54. The minimum absolute atomic E-state index is 0.256. The standard InChI is InChI=1S/C19H27N5O2/c1-5-24-9-13(10-24)11-26-16-8-14(6-7-15(16)25-4)17-12(2)22-19(20)23-18(17)21-3/h6-8,13H,5,9-11H2,1-4H3,(H3,20,21,22,23). The van der Waals surface area contributed by atoms with Crippen molar-refractivity contribution in [3.63, 3.8) is 0 Å². The maximum Gasteiger partial charge on any atom is 0.222 e. The van der Waals surface area contributed by atoms with E-state index in [4.69, 9.17) is 15.2 Å². The highest BCUT2D eigenvalue weighted by Crippen LogP contribution is 2.36. The third kappa shape index (κ3) is 3.67. The number of aromatic nitrogens is 2. The number of benzene rings is 1. The highest BCUT2D eigenvalue weighted by molar-refractivity contribution is 5.79. The van der Waals surface area contributed by atoms with E-state index >= 15 is 0 Å². The van der Waals surface area contributed by atoms with Crippen molar-refractivity contribution in [3.8, 4) is 22.6 Å². The molecule has 0 aliphatic carbocycles. The molecule has 7 heteroatoms. The van der Waals surface area contributed by atoms with E-state index in [0.29, 0.717) is 18.3 Å². The Labute approximate surface area is 154 Å².